The number of hydrogen-bond acceptors (Lipinski definition) is 3. The van der Waals surface area contributed by atoms with Crippen LogP contribution in [-0.4, -0.2) is 35.7 Å². The van der Waals surface area contributed by atoms with Gasteiger partial charge >= 0.3 is 0 Å². The van der Waals surface area contributed by atoms with Crippen molar-refractivity contribution in [3.63, 3.8) is 0 Å². The predicted molar refractivity (Wildman–Crippen MR) is 97.4 cm³/mol. The largest absolute Gasteiger partial charge is 0.338 e. The second-order valence-electron chi connectivity index (χ2n) is 5.59. The van der Waals surface area contributed by atoms with Crippen molar-refractivity contribution in [2.45, 2.75) is 37.6 Å². The minimum absolute atomic E-state index is 0. The van der Waals surface area contributed by atoms with Crippen LogP contribution in [0.5, 0.6) is 0 Å². The molecule has 1 aliphatic heterocycles. The molecule has 0 aromatic heterocycles. The van der Waals surface area contributed by atoms with Crippen LogP contribution in [0.1, 0.15) is 37.0 Å². The maximum Gasteiger partial charge on any atom is 0.255 e. The molecule has 1 aliphatic rings. The average Bonchev–Trinajstić information content (AvgIpc) is 2.48. The predicted octanol–water partition coefficient (Wildman–Crippen LogP) is 4.07. The van der Waals surface area contributed by atoms with E-state index in [1.165, 1.54) is 0 Å². The maximum atomic E-state index is 12.8. The molecule has 22 heavy (non-hydrogen) atoms. The van der Waals surface area contributed by atoms with Crippen LogP contribution in [0, 0.1) is 5.92 Å². The number of piperidine rings is 1. The quantitative estimate of drug-likeness (QED) is 0.820. The third-order valence-corrected chi connectivity index (χ3v) is 5.15. The lowest BCUT2D eigenvalue weighted by Gasteiger charge is -2.35. The zero-order chi connectivity index (χ0) is 15.4. The molecule has 1 aromatic carbocycles. The van der Waals surface area contributed by atoms with Crippen molar-refractivity contribution >= 4 is 41.7 Å². The van der Waals surface area contributed by atoms with Crippen LogP contribution < -0.4 is 5.73 Å². The van der Waals surface area contributed by atoms with Gasteiger partial charge in [-0.3, -0.25) is 4.79 Å². The van der Waals surface area contributed by atoms with Gasteiger partial charge in [-0.1, -0.05) is 18.5 Å². The molecule has 2 N–H and O–H groups in total. The lowest BCUT2D eigenvalue weighted by molar-refractivity contribution is 0.0657. The highest BCUT2D eigenvalue weighted by Crippen LogP contribution is 2.28. The van der Waals surface area contributed by atoms with E-state index in [9.17, 15) is 4.79 Å². The molecule has 1 saturated heterocycles. The molecular weight excluding hydrogens is 339 g/mol. The molecule has 1 amide bonds. The molecule has 1 fully saturated rings. The zero-order valence-electron chi connectivity index (χ0n) is 13.0. The number of benzene rings is 1. The van der Waals surface area contributed by atoms with E-state index in [0.717, 1.165) is 42.1 Å². The van der Waals surface area contributed by atoms with E-state index < -0.39 is 0 Å². The number of hydrogen-bond donors (Lipinski definition) is 1. The molecule has 6 heteroatoms. The Morgan fingerprint density at radius 2 is 2.27 bits per heavy atom. The zero-order valence-corrected chi connectivity index (χ0v) is 15.4. The number of nitrogens with zero attached hydrogens (tertiary/aromatic N) is 1. The summed E-state index contributed by atoms with van der Waals surface area (Å²) in [5.41, 5.74) is 6.73. The van der Waals surface area contributed by atoms with Gasteiger partial charge < -0.3 is 10.6 Å². The Morgan fingerprint density at radius 3 is 2.91 bits per heavy atom. The van der Waals surface area contributed by atoms with Gasteiger partial charge in [0.2, 0.25) is 0 Å². The van der Waals surface area contributed by atoms with Crippen molar-refractivity contribution in [3.8, 4) is 0 Å². The molecule has 0 saturated carbocycles. The summed E-state index contributed by atoms with van der Waals surface area (Å²) in [6.45, 7) is 5.67. The first-order valence-electron chi connectivity index (χ1n) is 7.50. The Morgan fingerprint density at radius 1 is 1.55 bits per heavy atom. The molecule has 1 aromatic rings. The van der Waals surface area contributed by atoms with Crippen LogP contribution in [-0.2, 0) is 0 Å². The third kappa shape index (κ3) is 4.79. The Labute approximate surface area is 148 Å². The lowest BCUT2D eigenvalue weighted by Crippen LogP contribution is -2.45. The van der Waals surface area contributed by atoms with Crippen LogP contribution in [0.4, 0.5) is 0 Å². The molecule has 124 valence electrons. The molecule has 2 rings (SSSR count). The molecular formula is C16H24Cl2N2OS. The molecule has 0 spiro atoms. The van der Waals surface area contributed by atoms with Crippen molar-refractivity contribution in [3.05, 3.63) is 28.8 Å². The molecule has 0 bridgehead atoms. The van der Waals surface area contributed by atoms with Crippen LogP contribution in [0.2, 0.25) is 5.02 Å². The first kappa shape index (κ1) is 19.6. The van der Waals surface area contributed by atoms with Crippen molar-refractivity contribution in [2.75, 3.05) is 18.8 Å². The number of thioether (sulfide) groups is 1. The van der Waals surface area contributed by atoms with Crippen molar-refractivity contribution in [1.82, 2.24) is 4.90 Å². The van der Waals surface area contributed by atoms with Gasteiger partial charge in [0.05, 0.1) is 5.56 Å². The Balaban J connectivity index is 0.00000242. The first-order valence-corrected chi connectivity index (χ1v) is 8.86. The summed E-state index contributed by atoms with van der Waals surface area (Å²) in [6.07, 6.45) is 2.13. The highest BCUT2D eigenvalue weighted by Gasteiger charge is 2.27. The van der Waals surface area contributed by atoms with E-state index in [1.54, 1.807) is 17.8 Å². The molecule has 3 nitrogen and oxygen atoms in total. The van der Waals surface area contributed by atoms with Gasteiger partial charge in [-0.05, 0) is 49.6 Å². The Hall–Kier alpha value is -0.420. The smallest absolute Gasteiger partial charge is 0.255 e. The van der Waals surface area contributed by atoms with Crippen LogP contribution in [0.25, 0.3) is 0 Å². The molecule has 2 atom stereocenters. The number of halogens is 2. The second kappa shape index (κ2) is 9.02. The summed E-state index contributed by atoms with van der Waals surface area (Å²) in [5.74, 6) is 1.41. The number of likely N-dealkylation sites (tertiary alicyclic amines) is 1. The van der Waals surface area contributed by atoms with Gasteiger partial charge in [-0.2, -0.15) is 0 Å². The number of amides is 1. The number of carbonyl (C=O) groups excluding carboxylic acids is 1. The summed E-state index contributed by atoms with van der Waals surface area (Å²) in [5, 5.41) is 0.611. The number of nitrogens with two attached hydrogens (primary N) is 1. The van der Waals surface area contributed by atoms with E-state index in [1.807, 2.05) is 24.0 Å². The fourth-order valence-corrected chi connectivity index (χ4v) is 3.69. The fourth-order valence-electron chi connectivity index (χ4n) is 2.74. The number of carbonyl (C=O) groups is 1. The van der Waals surface area contributed by atoms with Crippen LogP contribution in [0.3, 0.4) is 0 Å². The van der Waals surface area contributed by atoms with E-state index in [0.29, 0.717) is 10.9 Å². The molecule has 0 aliphatic carbocycles. The highest BCUT2D eigenvalue weighted by molar-refractivity contribution is 7.99. The summed E-state index contributed by atoms with van der Waals surface area (Å²) < 4.78 is 0. The Bertz CT molecular complexity index is 511. The normalized spacial score (nSPS) is 19.5. The van der Waals surface area contributed by atoms with Gasteiger partial charge in [0.15, 0.2) is 0 Å². The van der Waals surface area contributed by atoms with E-state index in [4.69, 9.17) is 17.3 Å². The minimum atomic E-state index is 0. The monoisotopic (exact) mass is 362 g/mol. The van der Waals surface area contributed by atoms with E-state index in [-0.39, 0.29) is 24.4 Å². The molecule has 0 radical (unpaired) electrons. The summed E-state index contributed by atoms with van der Waals surface area (Å²) in [4.78, 5) is 15.8. The van der Waals surface area contributed by atoms with Gasteiger partial charge in [0, 0.05) is 29.0 Å². The standard InChI is InChI=1S/C16H23ClN2OS.ClH/c1-3-21-15-7-6-13(17)9-14(15)16(20)19-8-4-5-12(10-19)11(2)18;/h6-7,9,11-12H,3-5,8,10,18H2,1-2H3;1H. The summed E-state index contributed by atoms with van der Waals surface area (Å²) >= 11 is 7.76. The van der Waals surface area contributed by atoms with Crippen LogP contribution >= 0.6 is 35.8 Å². The second-order valence-corrected chi connectivity index (χ2v) is 7.33. The summed E-state index contributed by atoms with van der Waals surface area (Å²) in [6, 6.07) is 5.70. The van der Waals surface area contributed by atoms with Gasteiger partial charge in [0.1, 0.15) is 0 Å². The van der Waals surface area contributed by atoms with E-state index >= 15 is 0 Å². The maximum absolute atomic E-state index is 12.8. The topological polar surface area (TPSA) is 46.3 Å². The van der Waals surface area contributed by atoms with Crippen molar-refractivity contribution in [2.24, 2.45) is 11.7 Å². The van der Waals surface area contributed by atoms with Crippen molar-refractivity contribution in [1.29, 1.82) is 0 Å². The number of rotatable bonds is 4. The highest BCUT2D eigenvalue weighted by atomic mass is 35.5. The first-order chi connectivity index (χ1) is 10.0. The SMILES string of the molecule is CCSc1ccc(Cl)cc1C(=O)N1CCCC(C(C)N)C1.Cl. The average molecular weight is 363 g/mol. The van der Waals surface area contributed by atoms with Gasteiger partial charge in [-0.25, -0.2) is 0 Å². The lowest BCUT2D eigenvalue weighted by atomic mass is 9.92. The van der Waals surface area contributed by atoms with Gasteiger partial charge in [0.25, 0.3) is 5.91 Å². The summed E-state index contributed by atoms with van der Waals surface area (Å²) in [7, 11) is 0. The van der Waals surface area contributed by atoms with Gasteiger partial charge in [-0.15, -0.1) is 24.2 Å². The van der Waals surface area contributed by atoms with E-state index in [2.05, 4.69) is 6.92 Å². The molecule has 2 unspecified atom stereocenters. The van der Waals surface area contributed by atoms with Crippen molar-refractivity contribution < 1.29 is 4.79 Å². The van der Waals surface area contributed by atoms with Crippen LogP contribution in [0.15, 0.2) is 23.1 Å². The Kier molecular flexibility index (Phi) is 8.04. The molecule has 1 heterocycles. The fraction of sp³-hybridized carbons (Fsp3) is 0.562. The minimum Gasteiger partial charge on any atom is -0.338 e. The third-order valence-electron chi connectivity index (χ3n) is 3.96.